The molecule has 1 heterocycles. The van der Waals surface area contributed by atoms with Crippen LogP contribution in [0.15, 0.2) is 41.3 Å². The van der Waals surface area contributed by atoms with Gasteiger partial charge in [0.05, 0.1) is 5.69 Å². The Hall–Kier alpha value is -1.48. The molecule has 0 aliphatic heterocycles. The van der Waals surface area contributed by atoms with Crippen molar-refractivity contribution in [2.24, 2.45) is 0 Å². The molecule has 0 atom stereocenters. The van der Waals surface area contributed by atoms with E-state index in [2.05, 4.69) is 25.3 Å². The molecule has 104 valence electrons. The number of halogens is 1. The average Bonchev–Trinajstić information content (AvgIpc) is 2.85. The van der Waals surface area contributed by atoms with Crippen LogP contribution in [0, 0.1) is 5.82 Å². The van der Waals surface area contributed by atoms with Gasteiger partial charge in [-0.25, -0.2) is 9.37 Å². The first kappa shape index (κ1) is 13.5. The van der Waals surface area contributed by atoms with Crippen molar-refractivity contribution in [3.05, 3.63) is 52.8 Å². The molecule has 1 nitrogen and oxygen atoms in total. The van der Waals surface area contributed by atoms with Crippen LogP contribution in [-0.4, -0.2) is 4.98 Å². The summed E-state index contributed by atoms with van der Waals surface area (Å²) in [5.74, 6) is -0.208. The lowest BCUT2D eigenvalue weighted by molar-refractivity contribution is 0.594. The molecule has 1 saturated carbocycles. The molecule has 0 bridgehead atoms. The van der Waals surface area contributed by atoms with Gasteiger partial charge in [-0.3, -0.25) is 0 Å². The Morgan fingerprint density at radius 3 is 2.50 bits per heavy atom. The van der Waals surface area contributed by atoms with Crippen molar-refractivity contribution in [1.29, 1.82) is 0 Å². The quantitative estimate of drug-likeness (QED) is 0.695. The van der Waals surface area contributed by atoms with Gasteiger partial charge in [0, 0.05) is 16.4 Å². The van der Waals surface area contributed by atoms with E-state index in [-0.39, 0.29) is 11.2 Å². The third kappa shape index (κ3) is 2.68. The van der Waals surface area contributed by atoms with E-state index >= 15 is 0 Å². The zero-order valence-corrected chi connectivity index (χ0v) is 12.6. The monoisotopic (exact) mass is 287 g/mol. The van der Waals surface area contributed by atoms with Crippen LogP contribution >= 0.6 is 11.3 Å². The van der Waals surface area contributed by atoms with Gasteiger partial charge in [-0.05, 0) is 43.5 Å². The third-order valence-electron chi connectivity index (χ3n) is 3.82. The zero-order chi connectivity index (χ0) is 14.2. The van der Waals surface area contributed by atoms with Crippen molar-refractivity contribution in [3.8, 4) is 10.6 Å². The van der Waals surface area contributed by atoms with Crippen LogP contribution in [-0.2, 0) is 5.41 Å². The first-order valence-electron chi connectivity index (χ1n) is 6.97. The van der Waals surface area contributed by atoms with Gasteiger partial charge in [0.15, 0.2) is 0 Å². The van der Waals surface area contributed by atoms with Gasteiger partial charge in [0.2, 0.25) is 0 Å². The summed E-state index contributed by atoms with van der Waals surface area (Å²) in [6.45, 7) is 4.42. The summed E-state index contributed by atoms with van der Waals surface area (Å²) in [5, 5.41) is 3.08. The van der Waals surface area contributed by atoms with Crippen molar-refractivity contribution < 1.29 is 4.39 Å². The molecule has 0 saturated heterocycles. The fourth-order valence-electron chi connectivity index (χ4n) is 2.40. The molecular weight excluding hydrogens is 269 g/mol. The first-order valence-corrected chi connectivity index (χ1v) is 7.85. The fraction of sp³-hybridized carbons (Fsp3) is 0.353. The highest BCUT2D eigenvalue weighted by atomic mass is 32.1. The molecular formula is C17H18FNS. The van der Waals surface area contributed by atoms with Crippen LogP contribution in [0.3, 0.4) is 0 Å². The maximum absolute atomic E-state index is 13.0. The van der Waals surface area contributed by atoms with E-state index in [0.717, 1.165) is 16.3 Å². The van der Waals surface area contributed by atoms with Gasteiger partial charge in [-0.15, -0.1) is 11.3 Å². The normalized spacial score (nSPS) is 15.1. The number of hydrogen-bond acceptors (Lipinski definition) is 2. The van der Waals surface area contributed by atoms with Crippen LogP contribution in [0.5, 0.6) is 0 Å². The van der Waals surface area contributed by atoms with Gasteiger partial charge < -0.3 is 0 Å². The van der Waals surface area contributed by atoms with Crippen molar-refractivity contribution in [2.75, 3.05) is 0 Å². The van der Waals surface area contributed by atoms with E-state index < -0.39 is 0 Å². The minimum atomic E-state index is -0.208. The minimum Gasteiger partial charge on any atom is -0.240 e. The van der Waals surface area contributed by atoms with Crippen LogP contribution in [0.25, 0.3) is 10.6 Å². The lowest BCUT2D eigenvalue weighted by atomic mass is 9.82. The van der Waals surface area contributed by atoms with Crippen LogP contribution in [0.4, 0.5) is 4.39 Å². The predicted octanol–water partition coefficient (Wildman–Crippen LogP) is 5.34. The largest absolute Gasteiger partial charge is 0.240 e. The highest BCUT2D eigenvalue weighted by Gasteiger charge is 2.23. The van der Waals surface area contributed by atoms with E-state index in [1.54, 1.807) is 29.0 Å². The summed E-state index contributed by atoms with van der Waals surface area (Å²) in [4.78, 5) is 4.74. The van der Waals surface area contributed by atoms with Crippen molar-refractivity contribution >= 4 is 11.3 Å². The molecule has 20 heavy (non-hydrogen) atoms. The zero-order valence-electron chi connectivity index (χ0n) is 11.8. The Morgan fingerprint density at radius 1 is 1.20 bits per heavy atom. The number of allylic oxidation sites excluding steroid dienone is 2. The predicted molar refractivity (Wildman–Crippen MR) is 82.5 cm³/mol. The molecule has 0 spiro atoms. The van der Waals surface area contributed by atoms with Gasteiger partial charge in [-0.2, -0.15) is 0 Å². The van der Waals surface area contributed by atoms with Crippen molar-refractivity contribution in [1.82, 2.24) is 4.98 Å². The molecule has 0 unspecified atom stereocenters. The number of benzene rings is 1. The van der Waals surface area contributed by atoms with E-state index in [0.29, 0.717) is 0 Å². The Balaban J connectivity index is 1.87. The van der Waals surface area contributed by atoms with Gasteiger partial charge >= 0.3 is 0 Å². The van der Waals surface area contributed by atoms with Crippen LogP contribution in [0.2, 0.25) is 0 Å². The van der Waals surface area contributed by atoms with Gasteiger partial charge in [0.1, 0.15) is 10.8 Å². The van der Waals surface area contributed by atoms with Gasteiger partial charge in [-0.1, -0.05) is 25.5 Å². The van der Waals surface area contributed by atoms with Crippen molar-refractivity contribution in [2.45, 2.75) is 38.5 Å². The molecule has 1 aromatic heterocycles. The van der Waals surface area contributed by atoms with E-state index in [1.807, 2.05) is 0 Å². The molecule has 1 aromatic carbocycles. The number of thiazole rings is 1. The van der Waals surface area contributed by atoms with Crippen molar-refractivity contribution in [3.63, 3.8) is 0 Å². The van der Waals surface area contributed by atoms with Gasteiger partial charge in [0.25, 0.3) is 0 Å². The second kappa shape index (κ2) is 5.13. The highest BCUT2D eigenvalue weighted by molar-refractivity contribution is 7.13. The molecule has 3 rings (SSSR count). The second-order valence-electron chi connectivity index (χ2n) is 5.92. The molecule has 1 aliphatic carbocycles. The third-order valence-corrected chi connectivity index (χ3v) is 4.71. The van der Waals surface area contributed by atoms with Crippen LogP contribution in [0.1, 0.15) is 38.8 Å². The topological polar surface area (TPSA) is 12.9 Å². The number of nitrogens with zero attached hydrogens (tertiary/aromatic N) is 1. The molecule has 2 aromatic rings. The second-order valence-corrected chi connectivity index (χ2v) is 6.78. The Bertz CT molecular complexity index is 631. The minimum absolute atomic E-state index is 0.0233. The lowest BCUT2D eigenvalue weighted by Crippen LogP contribution is -2.16. The van der Waals surface area contributed by atoms with Crippen LogP contribution < -0.4 is 0 Å². The molecule has 0 amide bonds. The van der Waals surface area contributed by atoms with E-state index in [9.17, 15) is 4.39 Å². The number of aromatic nitrogens is 1. The molecule has 0 radical (unpaired) electrons. The number of hydrogen-bond donors (Lipinski definition) is 0. The van der Waals surface area contributed by atoms with E-state index in [1.165, 1.54) is 31.4 Å². The Labute approximate surface area is 123 Å². The molecule has 1 aliphatic rings. The molecule has 3 heteroatoms. The fourth-order valence-corrected chi connectivity index (χ4v) is 3.41. The maximum atomic E-state index is 13.0. The average molecular weight is 287 g/mol. The Morgan fingerprint density at radius 2 is 1.90 bits per heavy atom. The molecule has 0 N–H and O–H groups in total. The summed E-state index contributed by atoms with van der Waals surface area (Å²) >= 11 is 1.63. The van der Waals surface area contributed by atoms with E-state index in [4.69, 9.17) is 4.98 Å². The summed E-state index contributed by atoms with van der Waals surface area (Å²) < 4.78 is 13.0. The maximum Gasteiger partial charge on any atom is 0.123 e. The molecule has 1 fully saturated rings. The SMILES string of the molecule is CC(C)(C=C1CCC1)c1csc(-c2ccc(F)cc2)n1. The number of rotatable bonds is 3. The lowest BCUT2D eigenvalue weighted by Gasteiger charge is -2.24. The summed E-state index contributed by atoms with van der Waals surface area (Å²) in [6.07, 6.45) is 6.15. The summed E-state index contributed by atoms with van der Waals surface area (Å²) in [7, 11) is 0. The smallest absolute Gasteiger partial charge is 0.123 e. The summed E-state index contributed by atoms with van der Waals surface area (Å²) in [6, 6.07) is 6.54. The highest BCUT2D eigenvalue weighted by Crippen LogP contribution is 2.35. The first-order chi connectivity index (χ1) is 9.54. The Kier molecular flexibility index (Phi) is 3.47. The standard InChI is InChI=1S/C17H18FNS/c1-17(2,10-12-4-3-5-12)15-11-20-16(19-15)13-6-8-14(18)9-7-13/h6-11H,3-5H2,1-2H3. The summed E-state index contributed by atoms with van der Waals surface area (Å²) in [5.41, 5.74) is 3.60.